The van der Waals surface area contributed by atoms with Gasteiger partial charge < -0.3 is 0 Å². The molecule has 0 bridgehead atoms. The van der Waals surface area contributed by atoms with Crippen LogP contribution in [0.25, 0.3) is 0 Å². The monoisotopic (exact) mass is 462 g/mol. The van der Waals surface area contributed by atoms with Crippen molar-refractivity contribution in [2.75, 3.05) is 0 Å². The van der Waals surface area contributed by atoms with Crippen LogP contribution in [0.3, 0.4) is 0 Å². The third kappa shape index (κ3) is 4.28. The molecule has 164 valence electrons. The Balaban J connectivity index is 2.53. The molecule has 2 aromatic rings. The van der Waals surface area contributed by atoms with E-state index in [2.05, 4.69) is 0 Å². The fraction of sp³-hybridized carbons (Fsp3) is 0.316. The Morgan fingerprint density at radius 2 is 1.27 bits per heavy atom. The van der Waals surface area contributed by atoms with E-state index in [9.17, 15) is 44.3 Å². The van der Waals surface area contributed by atoms with Gasteiger partial charge in [0.2, 0.25) is 0 Å². The molecule has 0 heterocycles. The van der Waals surface area contributed by atoms with Gasteiger partial charge in [0, 0.05) is 12.0 Å². The lowest BCUT2D eigenvalue weighted by Crippen LogP contribution is -2.61. The van der Waals surface area contributed by atoms with Gasteiger partial charge in [-0.15, -0.1) is 0 Å². The summed E-state index contributed by atoms with van der Waals surface area (Å²) >= 11 is 5.82. The molecule has 0 spiro atoms. The van der Waals surface area contributed by atoms with Crippen LogP contribution in [-0.4, -0.2) is 29.7 Å². The van der Waals surface area contributed by atoms with E-state index in [-0.39, 0.29) is 16.1 Å². The molecular formula is C19H12ClF9O. The summed E-state index contributed by atoms with van der Waals surface area (Å²) in [5, 5.41) is -0.237. The number of hydrogen-bond acceptors (Lipinski definition) is 1. The summed E-state index contributed by atoms with van der Waals surface area (Å²) in [5.41, 5.74) is -0.664. The lowest BCUT2D eigenvalue weighted by atomic mass is 9.83. The molecule has 0 saturated carbocycles. The molecule has 2 rings (SSSR count). The van der Waals surface area contributed by atoms with Crippen LogP contribution in [0, 0.1) is 0 Å². The van der Waals surface area contributed by atoms with Crippen LogP contribution < -0.4 is 0 Å². The molecule has 0 aromatic heterocycles. The maximum absolute atomic E-state index is 14.2. The standard InChI is InChI=1S/C19H12ClF9O/c20-14-9-5-4-8-12(14)15(30)13(11-6-2-1-3-7-11)10-16(21,22)17(23,24)18(25,26)19(27,28)29/h1-9,13H,10H2. The Labute approximate surface area is 169 Å². The van der Waals surface area contributed by atoms with Crippen molar-refractivity contribution in [1.82, 2.24) is 0 Å². The maximum Gasteiger partial charge on any atom is 0.460 e. The van der Waals surface area contributed by atoms with Crippen molar-refractivity contribution in [2.24, 2.45) is 0 Å². The molecule has 0 amide bonds. The van der Waals surface area contributed by atoms with Gasteiger partial charge in [-0.2, -0.15) is 39.5 Å². The number of carbonyl (C=O) groups is 1. The van der Waals surface area contributed by atoms with Crippen molar-refractivity contribution < 1.29 is 44.3 Å². The SMILES string of the molecule is O=C(c1ccccc1Cl)C(CC(F)(F)C(F)(F)C(F)(F)C(F)(F)F)c1ccccc1. The van der Waals surface area contributed by atoms with Gasteiger partial charge >= 0.3 is 23.9 Å². The Bertz CT molecular complexity index is 894. The first-order valence-corrected chi connectivity index (χ1v) is 8.55. The van der Waals surface area contributed by atoms with Crippen LogP contribution in [0.2, 0.25) is 5.02 Å². The zero-order chi connectivity index (χ0) is 23.0. The molecule has 30 heavy (non-hydrogen) atoms. The third-order valence-electron chi connectivity index (χ3n) is 4.33. The van der Waals surface area contributed by atoms with Crippen LogP contribution in [0.1, 0.15) is 28.3 Å². The zero-order valence-electron chi connectivity index (χ0n) is 14.7. The molecule has 0 aliphatic carbocycles. The average molecular weight is 463 g/mol. The lowest BCUT2D eigenvalue weighted by molar-refractivity contribution is -0.396. The molecule has 0 N–H and O–H groups in total. The van der Waals surface area contributed by atoms with Crippen LogP contribution in [0.15, 0.2) is 54.6 Å². The molecule has 0 aliphatic heterocycles. The minimum Gasteiger partial charge on any atom is -0.293 e. The largest absolute Gasteiger partial charge is 0.460 e. The van der Waals surface area contributed by atoms with E-state index in [0.29, 0.717) is 0 Å². The normalized spacial score (nSPS) is 14.5. The second-order valence-electron chi connectivity index (χ2n) is 6.36. The fourth-order valence-electron chi connectivity index (χ4n) is 2.69. The third-order valence-corrected chi connectivity index (χ3v) is 4.66. The molecule has 0 saturated heterocycles. The quantitative estimate of drug-likeness (QED) is 0.315. The average Bonchev–Trinajstić information content (AvgIpc) is 2.65. The van der Waals surface area contributed by atoms with Gasteiger partial charge in [-0.25, -0.2) is 0 Å². The summed E-state index contributed by atoms with van der Waals surface area (Å²) in [6.45, 7) is 0. The van der Waals surface area contributed by atoms with E-state index >= 15 is 0 Å². The molecule has 0 fully saturated rings. The van der Waals surface area contributed by atoms with E-state index in [1.54, 1.807) is 0 Å². The Kier molecular flexibility index (Phi) is 6.51. The Morgan fingerprint density at radius 3 is 1.77 bits per heavy atom. The van der Waals surface area contributed by atoms with Crippen LogP contribution in [0.4, 0.5) is 39.5 Å². The number of Topliss-reactive ketones (excluding diaryl/α,β-unsaturated/α-hetero) is 1. The molecule has 1 nitrogen and oxygen atoms in total. The van der Waals surface area contributed by atoms with Gasteiger partial charge in [0.15, 0.2) is 5.78 Å². The predicted molar refractivity (Wildman–Crippen MR) is 90.5 cm³/mol. The molecule has 2 aromatic carbocycles. The second-order valence-corrected chi connectivity index (χ2v) is 6.77. The summed E-state index contributed by atoms with van der Waals surface area (Å²) < 4.78 is 119. The Morgan fingerprint density at radius 1 is 0.767 bits per heavy atom. The van der Waals surface area contributed by atoms with E-state index in [4.69, 9.17) is 11.6 Å². The smallest absolute Gasteiger partial charge is 0.293 e. The first-order chi connectivity index (χ1) is 13.6. The highest BCUT2D eigenvalue weighted by molar-refractivity contribution is 6.34. The van der Waals surface area contributed by atoms with Gasteiger partial charge in [-0.3, -0.25) is 4.79 Å². The number of rotatable bonds is 7. The first-order valence-electron chi connectivity index (χ1n) is 8.17. The predicted octanol–water partition coefficient (Wildman–Crippen LogP) is 7.16. The zero-order valence-corrected chi connectivity index (χ0v) is 15.4. The Hall–Kier alpha value is -2.23. The summed E-state index contributed by atoms with van der Waals surface area (Å²) in [6.07, 6.45) is -9.24. The number of hydrogen-bond donors (Lipinski definition) is 0. The molecule has 11 heteroatoms. The van der Waals surface area contributed by atoms with Gasteiger partial charge in [0.1, 0.15) is 0 Å². The molecular weight excluding hydrogens is 451 g/mol. The topological polar surface area (TPSA) is 17.1 Å². The van der Waals surface area contributed by atoms with Crippen molar-refractivity contribution in [3.05, 3.63) is 70.7 Å². The van der Waals surface area contributed by atoms with Crippen molar-refractivity contribution in [2.45, 2.75) is 36.3 Å². The minimum absolute atomic E-state index is 0.237. The molecule has 1 unspecified atom stereocenters. The van der Waals surface area contributed by atoms with Crippen LogP contribution >= 0.6 is 11.6 Å². The molecule has 0 radical (unpaired) electrons. The van der Waals surface area contributed by atoms with Crippen LogP contribution in [-0.2, 0) is 0 Å². The van der Waals surface area contributed by atoms with E-state index < -0.39 is 42.1 Å². The number of ketones is 1. The van der Waals surface area contributed by atoms with Gasteiger partial charge in [0.25, 0.3) is 0 Å². The molecule has 0 aliphatic rings. The highest BCUT2D eigenvalue weighted by atomic mass is 35.5. The van der Waals surface area contributed by atoms with E-state index in [0.717, 1.165) is 18.2 Å². The number of alkyl halides is 9. The maximum atomic E-state index is 14.2. The van der Waals surface area contributed by atoms with Crippen molar-refractivity contribution in [3.8, 4) is 0 Å². The lowest BCUT2D eigenvalue weighted by Gasteiger charge is -2.35. The molecule has 1 atom stereocenters. The summed E-state index contributed by atoms with van der Waals surface area (Å²) in [6, 6.07) is 11.0. The number of carbonyl (C=O) groups excluding carboxylic acids is 1. The number of benzene rings is 2. The summed E-state index contributed by atoms with van der Waals surface area (Å²) in [5.74, 6) is -23.2. The first kappa shape index (κ1) is 24.0. The van der Waals surface area contributed by atoms with E-state index in [1.165, 1.54) is 36.4 Å². The summed E-state index contributed by atoms with van der Waals surface area (Å²) in [4.78, 5) is 12.7. The second kappa shape index (κ2) is 8.13. The summed E-state index contributed by atoms with van der Waals surface area (Å²) in [7, 11) is 0. The number of halogens is 10. The van der Waals surface area contributed by atoms with Crippen molar-refractivity contribution in [1.29, 1.82) is 0 Å². The van der Waals surface area contributed by atoms with Crippen molar-refractivity contribution in [3.63, 3.8) is 0 Å². The van der Waals surface area contributed by atoms with Gasteiger partial charge in [0.05, 0.1) is 10.9 Å². The fourth-order valence-corrected chi connectivity index (χ4v) is 2.92. The van der Waals surface area contributed by atoms with Crippen molar-refractivity contribution >= 4 is 17.4 Å². The highest BCUT2D eigenvalue weighted by Crippen LogP contribution is 2.55. The van der Waals surface area contributed by atoms with Gasteiger partial charge in [-0.1, -0.05) is 54.1 Å². The highest BCUT2D eigenvalue weighted by Gasteiger charge is 2.81. The van der Waals surface area contributed by atoms with Crippen LogP contribution in [0.5, 0.6) is 0 Å². The van der Waals surface area contributed by atoms with Gasteiger partial charge in [-0.05, 0) is 17.7 Å². The minimum atomic E-state index is -7.03. The van der Waals surface area contributed by atoms with E-state index in [1.807, 2.05) is 0 Å².